The molecule has 2 aromatic carbocycles. The van der Waals surface area contributed by atoms with Crippen LogP contribution >= 0.6 is 12.6 Å². The van der Waals surface area contributed by atoms with Gasteiger partial charge in [-0.2, -0.15) is 12.6 Å². The second kappa shape index (κ2) is 10.8. The van der Waals surface area contributed by atoms with Crippen LogP contribution in [-0.2, 0) is 16.0 Å². The number of nitrogens with zero attached hydrogens (tertiary/aromatic N) is 1. The molecule has 0 bridgehead atoms. The number of fused-ring (bicyclic) bond motifs is 3. The smallest absolute Gasteiger partial charge is 0.233 e. The number of piperidine rings is 1. The SMILES string of the molecule is C[C@@H]1CCC[C@@H]2c3cc(-c4ccccc4)ccc3CC(CNC(=O)C(S)C3CCCCC3)C(=O)N12. The first-order valence-electron chi connectivity index (χ1n) is 13.5. The molecule has 0 aromatic heterocycles. The molecule has 1 saturated heterocycles. The molecule has 2 fully saturated rings. The third-order valence-corrected chi connectivity index (χ3v) is 9.14. The Morgan fingerprint density at radius 2 is 1.77 bits per heavy atom. The molecular weight excluding hydrogens is 452 g/mol. The summed E-state index contributed by atoms with van der Waals surface area (Å²) in [6, 6.07) is 17.5. The second-order valence-corrected chi connectivity index (χ2v) is 11.4. The lowest BCUT2D eigenvalue weighted by Crippen LogP contribution is -2.49. The fourth-order valence-corrected chi connectivity index (χ4v) is 6.87. The molecule has 1 aliphatic carbocycles. The number of hydrogen-bond donors (Lipinski definition) is 2. The summed E-state index contributed by atoms with van der Waals surface area (Å²) < 4.78 is 0. The first-order valence-corrected chi connectivity index (χ1v) is 14.0. The average Bonchev–Trinajstić information content (AvgIpc) is 3.02. The number of rotatable bonds is 5. The van der Waals surface area contributed by atoms with Crippen molar-refractivity contribution in [2.75, 3.05) is 6.54 Å². The molecule has 2 unspecified atom stereocenters. The van der Waals surface area contributed by atoms with Crippen LogP contribution in [-0.4, -0.2) is 34.6 Å². The third-order valence-electron chi connectivity index (χ3n) is 8.48. The topological polar surface area (TPSA) is 49.4 Å². The molecule has 3 aliphatic rings. The fourth-order valence-electron chi connectivity index (χ4n) is 6.48. The van der Waals surface area contributed by atoms with Crippen molar-refractivity contribution in [3.63, 3.8) is 0 Å². The molecule has 2 aromatic rings. The summed E-state index contributed by atoms with van der Waals surface area (Å²) in [5.74, 6) is 0.284. The average molecular weight is 491 g/mol. The number of benzene rings is 2. The van der Waals surface area contributed by atoms with E-state index < -0.39 is 0 Å². The highest BCUT2D eigenvalue weighted by Crippen LogP contribution is 2.41. The summed E-state index contributed by atoms with van der Waals surface area (Å²) in [4.78, 5) is 29.0. The zero-order chi connectivity index (χ0) is 24.4. The zero-order valence-electron chi connectivity index (χ0n) is 20.8. The van der Waals surface area contributed by atoms with Crippen molar-refractivity contribution < 1.29 is 9.59 Å². The van der Waals surface area contributed by atoms with E-state index >= 15 is 0 Å². The van der Waals surface area contributed by atoms with Crippen molar-refractivity contribution in [2.24, 2.45) is 11.8 Å². The van der Waals surface area contributed by atoms with Crippen molar-refractivity contribution in [3.05, 3.63) is 59.7 Å². The highest BCUT2D eigenvalue weighted by atomic mass is 32.1. The molecule has 4 nitrogen and oxygen atoms in total. The van der Waals surface area contributed by atoms with Gasteiger partial charge in [0.15, 0.2) is 0 Å². The highest BCUT2D eigenvalue weighted by Gasteiger charge is 2.40. The molecular formula is C30H38N2O2S. The van der Waals surface area contributed by atoms with Gasteiger partial charge in [0.2, 0.25) is 11.8 Å². The molecule has 2 heterocycles. The van der Waals surface area contributed by atoms with Crippen LogP contribution in [0.4, 0.5) is 0 Å². The molecule has 5 heteroatoms. The Morgan fingerprint density at radius 1 is 1.00 bits per heavy atom. The molecule has 0 radical (unpaired) electrons. The van der Waals surface area contributed by atoms with Crippen molar-refractivity contribution in [3.8, 4) is 11.1 Å². The predicted octanol–water partition coefficient (Wildman–Crippen LogP) is 5.96. The number of amides is 2. The summed E-state index contributed by atoms with van der Waals surface area (Å²) in [5.41, 5.74) is 4.93. The van der Waals surface area contributed by atoms with E-state index in [9.17, 15) is 9.59 Å². The lowest BCUT2D eigenvalue weighted by atomic mass is 9.86. The molecule has 5 rings (SSSR count). The number of hydrogen-bond acceptors (Lipinski definition) is 3. The van der Waals surface area contributed by atoms with Crippen LogP contribution in [0.1, 0.15) is 75.5 Å². The predicted molar refractivity (Wildman–Crippen MR) is 144 cm³/mol. The quantitative estimate of drug-likeness (QED) is 0.508. The van der Waals surface area contributed by atoms with E-state index in [4.69, 9.17) is 0 Å². The monoisotopic (exact) mass is 490 g/mol. The van der Waals surface area contributed by atoms with Crippen molar-refractivity contribution in [2.45, 2.75) is 82.0 Å². The van der Waals surface area contributed by atoms with E-state index in [1.807, 2.05) is 6.07 Å². The third kappa shape index (κ3) is 5.16. The summed E-state index contributed by atoms with van der Waals surface area (Å²) in [5, 5.41) is 2.84. The van der Waals surface area contributed by atoms with Gasteiger partial charge >= 0.3 is 0 Å². The molecule has 2 aliphatic heterocycles. The first-order chi connectivity index (χ1) is 17.0. The van der Waals surface area contributed by atoms with Crippen LogP contribution in [0, 0.1) is 11.8 Å². The van der Waals surface area contributed by atoms with E-state index in [2.05, 4.69) is 72.2 Å². The zero-order valence-corrected chi connectivity index (χ0v) is 21.7. The summed E-state index contributed by atoms with van der Waals surface area (Å²) in [6.07, 6.45) is 9.63. The van der Waals surface area contributed by atoms with Crippen LogP contribution in [0.3, 0.4) is 0 Å². The van der Waals surface area contributed by atoms with Gasteiger partial charge in [-0.25, -0.2) is 0 Å². The Bertz CT molecular complexity index is 1050. The fraction of sp³-hybridized carbons (Fsp3) is 0.533. The van der Waals surface area contributed by atoms with E-state index in [1.165, 1.54) is 41.5 Å². The van der Waals surface area contributed by atoms with Gasteiger partial charge in [0.05, 0.1) is 17.2 Å². The van der Waals surface area contributed by atoms with Gasteiger partial charge in [-0.05, 0) is 79.7 Å². The number of carbonyl (C=O) groups excluding carboxylic acids is 2. The molecule has 1 saturated carbocycles. The Balaban J connectivity index is 1.38. The van der Waals surface area contributed by atoms with Crippen molar-refractivity contribution >= 4 is 24.4 Å². The number of carbonyl (C=O) groups is 2. The summed E-state index contributed by atoms with van der Waals surface area (Å²) in [6.45, 7) is 2.57. The molecule has 4 atom stereocenters. The van der Waals surface area contributed by atoms with Crippen LogP contribution in [0.5, 0.6) is 0 Å². The Labute approximate surface area is 215 Å². The number of thiol groups is 1. The van der Waals surface area contributed by atoms with Gasteiger partial charge in [0, 0.05) is 12.6 Å². The van der Waals surface area contributed by atoms with Gasteiger partial charge < -0.3 is 10.2 Å². The number of nitrogens with one attached hydrogen (secondary N) is 1. The maximum atomic E-state index is 13.9. The van der Waals surface area contributed by atoms with Gasteiger partial charge in [-0.1, -0.05) is 61.7 Å². The Hall–Kier alpha value is -2.27. The van der Waals surface area contributed by atoms with Crippen LogP contribution in [0.15, 0.2) is 48.5 Å². The molecule has 2 amide bonds. The van der Waals surface area contributed by atoms with E-state index in [-0.39, 0.29) is 35.1 Å². The standard InChI is InChI=1S/C30H38N2O2S/c1-20-9-8-14-27-26-18-23(21-10-4-2-5-11-21)15-16-24(26)17-25(30(34)32(20)27)19-31-29(33)28(35)22-12-6-3-7-13-22/h2,4-5,10-11,15-16,18,20,22,25,27-28,35H,3,6-9,12-14,17,19H2,1H3,(H,31,33)/t20-,25?,27-,28?/m1/s1. The van der Waals surface area contributed by atoms with Gasteiger partial charge in [0.25, 0.3) is 0 Å². The summed E-state index contributed by atoms with van der Waals surface area (Å²) in [7, 11) is 0. The van der Waals surface area contributed by atoms with Crippen LogP contribution in [0.2, 0.25) is 0 Å². The second-order valence-electron chi connectivity index (χ2n) is 10.8. The Kier molecular flexibility index (Phi) is 7.52. The van der Waals surface area contributed by atoms with Crippen molar-refractivity contribution in [1.29, 1.82) is 0 Å². The largest absolute Gasteiger partial charge is 0.354 e. The molecule has 186 valence electrons. The van der Waals surface area contributed by atoms with Gasteiger partial charge in [-0.3, -0.25) is 9.59 Å². The van der Waals surface area contributed by atoms with Crippen LogP contribution in [0.25, 0.3) is 11.1 Å². The summed E-state index contributed by atoms with van der Waals surface area (Å²) >= 11 is 4.68. The van der Waals surface area contributed by atoms with Crippen LogP contribution < -0.4 is 5.32 Å². The maximum Gasteiger partial charge on any atom is 0.233 e. The van der Waals surface area contributed by atoms with Gasteiger partial charge in [0.1, 0.15) is 0 Å². The molecule has 0 spiro atoms. The normalized spacial score (nSPS) is 25.8. The maximum absolute atomic E-state index is 13.9. The highest BCUT2D eigenvalue weighted by molar-refractivity contribution is 7.81. The van der Waals surface area contributed by atoms with Gasteiger partial charge in [-0.15, -0.1) is 0 Å². The molecule has 35 heavy (non-hydrogen) atoms. The lowest BCUT2D eigenvalue weighted by Gasteiger charge is -2.41. The minimum absolute atomic E-state index is 0.0137. The first kappa shape index (κ1) is 24.4. The van der Waals surface area contributed by atoms with Crippen molar-refractivity contribution in [1.82, 2.24) is 10.2 Å². The Morgan fingerprint density at radius 3 is 2.54 bits per heavy atom. The minimum Gasteiger partial charge on any atom is -0.354 e. The lowest BCUT2D eigenvalue weighted by molar-refractivity contribution is -0.142. The molecule has 1 N–H and O–H groups in total. The van der Waals surface area contributed by atoms with E-state index in [0.717, 1.165) is 32.1 Å². The van der Waals surface area contributed by atoms with E-state index in [0.29, 0.717) is 18.9 Å². The van der Waals surface area contributed by atoms with E-state index in [1.54, 1.807) is 0 Å². The minimum atomic E-state index is -0.279.